The Hall–Kier alpha value is -0.670. The highest BCUT2D eigenvalue weighted by atomic mass is 79.9. The first-order chi connectivity index (χ1) is 8.66. The first-order valence-corrected chi connectivity index (χ1v) is 7.29. The van der Waals surface area contributed by atoms with E-state index in [1.54, 1.807) is 0 Å². The van der Waals surface area contributed by atoms with Crippen LogP contribution < -0.4 is 5.32 Å². The average Bonchev–Trinajstić information content (AvgIpc) is 2.37. The lowest BCUT2D eigenvalue weighted by atomic mass is 9.94. The average molecular weight is 312 g/mol. The van der Waals surface area contributed by atoms with Crippen LogP contribution >= 0.6 is 15.9 Å². The summed E-state index contributed by atoms with van der Waals surface area (Å²) in [6, 6.07) is 5.32. The molecule has 0 fully saturated rings. The Bertz CT molecular complexity index is 431. The summed E-state index contributed by atoms with van der Waals surface area (Å²) in [4.78, 5) is 0. The van der Waals surface area contributed by atoms with Gasteiger partial charge in [0.05, 0.1) is 0 Å². The van der Waals surface area contributed by atoms with Crippen LogP contribution in [0.5, 0.6) is 0 Å². The van der Waals surface area contributed by atoms with Crippen molar-refractivity contribution in [3.8, 4) is 0 Å². The van der Waals surface area contributed by atoms with Crippen LogP contribution in [0.1, 0.15) is 37.8 Å². The number of allylic oxidation sites excluding steroid dienone is 2. The maximum absolute atomic E-state index is 13.8. The maximum Gasteiger partial charge on any atom is 0.129 e. The van der Waals surface area contributed by atoms with Crippen molar-refractivity contribution in [3.05, 3.63) is 46.2 Å². The smallest absolute Gasteiger partial charge is 0.129 e. The molecule has 0 aromatic heterocycles. The third kappa shape index (κ3) is 3.66. The monoisotopic (exact) mass is 311 g/mol. The van der Waals surface area contributed by atoms with E-state index in [1.807, 2.05) is 19.1 Å². The third-order valence-corrected chi connectivity index (χ3v) is 4.01. The van der Waals surface area contributed by atoms with E-state index in [0.29, 0.717) is 5.92 Å². The zero-order chi connectivity index (χ0) is 13.0. The molecule has 2 rings (SSSR count). The van der Waals surface area contributed by atoms with Gasteiger partial charge in [-0.15, -0.1) is 0 Å². The van der Waals surface area contributed by atoms with Gasteiger partial charge < -0.3 is 5.32 Å². The van der Waals surface area contributed by atoms with Crippen LogP contribution in [0.3, 0.4) is 0 Å². The van der Waals surface area contributed by atoms with Crippen LogP contribution in [0.2, 0.25) is 0 Å². The number of nitrogens with one attached hydrogen (secondary N) is 1. The zero-order valence-corrected chi connectivity index (χ0v) is 12.2. The molecule has 1 aliphatic rings. The maximum atomic E-state index is 13.8. The molecule has 2 unspecified atom stereocenters. The second-order valence-corrected chi connectivity index (χ2v) is 5.86. The van der Waals surface area contributed by atoms with Gasteiger partial charge in [0, 0.05) is 16.1 Å². The van der Waals surface area contributed by atoms with Crippen molar-refractivity contribution < 1.29 is 4.39 Å². The predicted molar refractivity (Wildman–Crippen MR) is 77.0 cm³/mol. The summed E-state index contributed by atoms with van der Waals surface area (Å²) in [7, 11) is 0. The van der Waals surface area contributed by atoms with E-state index in [0.717, 1.165) is 23.0 Å². The molecule has 0 heterocycles. The van der Waals surface area contributed by atoms with Crippen molar-refractivity contribution >= 4 is 15.9 Å². The van der Waals surface area contributed by atoms with Crippen molar-refractivity contribution in [3.63, 3.8) is 0 Å². The van der Waals surface area contributed by atoms with Gasteiger partial charge in [-0.2, -0.15) is 0 Å². The molecule has 1 nitrogen and oxygen atoms in total. The molecule has 0 saturated heterocycles. The lowest BCUT2D eigenvalue weighted by molar-refractivity contribution is 0.410. The normalized spacial score (nSPS) is 20.9. The van der Waals surface area contributed by atoms with Crippen LogP contribution in [0, 0.1) is 11.7 Å². The van der Waals surface area contributed by atoms with E-state index < -0.39 is 0 Å². The molecule has 1 N–H and O–H groups in total. The quantitative estimate of drug-likeness (QED) is 0.802. The van der Waals surface area contributed by atoms with E-state index in [2.05, 4.69) is 33.4 Å². The topological polar surface area (TPSA) is 12.0 Å². The summed E-state index contributed by atoms with van der Waals surface area (Å²) >= 11 is 3.28. The SMILES string of the molecule is CC(NCC1CC=CCC1)c1ccc(Br)cc1F. The van der Waals surface area contributed by atoms with Gasteiger partial charge in [-0.1, -0.05) is 34.1 Å². The molecule has 0 saturated carbocycles. The molecule has 2 atom stereocenters. The lowest BCUT2D eigenvalue weighted by Crippen LogP contribution is -2.26. The minimum absolute atomic E-state index is 0.0593. The Balaban J connectivity index is 1.90. The molecule has 0 amide bonds. The summed E-state index contributed by atoms with van der Waals surface area (Å²) in [5.41, 5.74) is 0.740. The first-order valence-electron chi connectivity index (χ1n) is 6.50. The number of hydrogen-bond donors (Lipinski definition) is 1. The van der Waals surface area contributed by atoms with Crippen LogP contribution in [0.4, 0.5) is 4.39 Å². The van der Waals surface area contributed by atoms with Gasteiger partial charge in [-0.3, -0.25) is 0 Å². The highest BCUT2D eigenvalue weighted by Crippen LogP contribution is 2.22. The predicted octanol–water partition coefficient (Wildman–Crippen LogP) is 4.60. The number of rotatable bonds is 4. The molecule has 0 spiro atoms. The second kappa shape index (κ2) is 6.48. The molecular weight excluding hydrogens is 293 g/mol. The number of benzene rings is 1. The third-order valence-electron chi connectivity index (χ3n) is 3.52. The van der Waals surface area contributed by atoms with Crippen LogP contribution in [-0.4, -0.2) is 6.54 Å². The fourth-order valence-electron chi connectivity index (χ4n) is 2.35. The lowest BCUT2D eigenvalue weighted by Gasteiger charge is -2.22. The van der Waals surface area contributed by atoms with Gasteiger partial charge in [0.2, 0.25) is 0 Å². The van der Waals surface area contributed by atoms with Crippen LogP contribution in [0.15, 0.2) is 34.8 Å². The zero-order valence-electron chi connectivity index (χ0n) is 10.6. The Labute approximate surface area is 117 Å². The molecule has 0 bridgehead atoms. The molecular formula is C15H19BrFN. The molecule has 1 aromatic carbocycles. The van der Waals surface area contributed by atoms with Gasteiger partial charge in [0.15, 0.2) is 0 Å². The first kappa shape index (κ1) is 13.8. The molecule has 0 radical (unpaired) electrons. The minimum Gasteiger partial charge on any atom is -0.310 e. The van der Waals surface area contributed by atoms with Gasteiger partial charge >= 0.3 is 0 Å². The van der Waals surface area contributed by atoms with E-state index in [9.17, 15) is 4.39 Å². The summed E-state index contributed by atoms with van der Waals surface area (Å²) in [5, 5.41) is 3.44. The Kier molecular flexibility index (Phi) is 4.95. The fraction of sp³-hybridized carbons (Fsp3) is 0.467. The molecule has 1 aromatic rings. The van der Waals surface area contributed by atoms with Gasteiger partial charge in [0.1, 0.15) is 5.82 Å². The van der Waals surface area contributed by atoms with Crippen molar-refractivity contribution in [2.45, 2.75) is 32.2 Å². The van der Waals surface area contributed by atoms with Crippen LogP contribution in [0.25, 0.3) is 0 Å². The summed E-state index contributed by atoms with van der Waals surface area (Å²) < 4.78 is 14.6. The van der Waals surface area contributed by atoms with Crippen molar-refractivity contribution in [1.29, 1.82) is 0 Å². The fourth-order valence-corrected chi connectivity index (χ4v) is 2.68. The number of hydrogen-bond acceptors (Lipinski definition) is 1. The van der Waals surface area contributed by atoms with Crippen LogP contribution in [-0.2, 0) is 0 Å². The molecule has 1 aliphatic carbocycles. The second-order valence-electron chi connectivity index (χ2n) is 4.95. The van der Waals surface area contributed by atoms with Crippen molar-refractivity contribution in [2.75, 3.05) is 6.54 Å². The Morgan fingerprint density at radius 2 is 2.28 bits per heavy atom. The molecule has 3 heteroatoms. The van der Waals surface area contributed by atoms with Gasteiger partial charge in [0.25, 0.3) is 0 Å². The van der Waals surface area contributed by atoms with Gasteiger partial charge in [-0.25, -0.2) is 4.39 Å². The summed E-state index contributed by atoms with van der Waals surface area (Å²) in [5.74, 6) is 0.545. The van der Waals surface area contributed by atoms with E-state index in [-0.39, 0.29) is 11.9 Å². The number of halogens is 2. The largest absolute Gasteiger partial charge is 0.310 e. The van der Waals surface area contributed by atoms with Crippen molar-refractivity contribution in [2.24, 2.45) is 5.92 Å². The highest BCUT2D eigenvalue weighted by molar-refractivity contribution is 9.10. The van der Waals surface area contributed by atoms with Gasteiger partial charge in [-0.05, 0) is 50.8 Å². The minimum atomic E-state index is -0.145. The van der Waals surface area contributed by atoms with E-state index in [4.69, 9.17) is 0 Å². The Morgan fingerprint density at radius 3 is 2.94 bits per heavy atom. The molecule has 18 heavy (non-hydrogen) atoms. The summed E-state index contributed by atoms with van der Waals surface area (Å²) in [6.07, 6.45) is 8.05. The highest BCUT2D eigenvalue weighted by Gasteiger charge is 2.14. The summed E-state index contributed by atoms with van der Waals surface area (Å²) in [6.45, 7) is 2.98. The standard InChI is InChI=1S/C15H19BrFN/c1-11(14-8-7-13(16)9-15(14)17)18-10-12-5-3-2-4-6-12/h2-3,7-9,11-12,18H,4-6,10H2,1H3. The molecule has 0 aliphatic heterocycles. The van der Waals surface area contributed by atoms with Crippen molar-refractivity contribution in [1.82, 2.24) is 5.32 Å². The Morgan fingerprint density at radius 1 is 1.44 bits per heavy atom. The van der Waals surface area contributed by atoms with E-state index >= 15 is 0 Å². The van der Waals surface area contributed by atoms with E-state index in [1.165, 1.54) is 18.9 Å². The molecule has 98 valence electrons.